The van der Waals surface area contributed by atoms with Crippen molar-refractivity contribution in [2.75, 3.05) is 6.54 Å². The third kappa shape index (κ3) is 5.97. The van der Waals surface area contributed by atoms with Crippen molar-refractivity contribution in [3.63, 3.8) is 0 Å². The van der Waals surface area contributed by atoms with Crippen LogP contribution in [0.15, 0.2) is 66.7 Å². The number of benzene rings is 3. The van der Waals surface area contributed by atoms with Crippen LogP contribution in [0, 0.1) is 5.92 Å². The van der Waals surface area contributed by atoms with Gasteiger partial charge in [-0.05, 0) is 64.3 Å². The first-order valence-corrected chi connectivity index (χ1v) is 12.8. The molecule has 3 aromatic rings. The third-order valence-corrected chi connectivity index (χ3v) is 7.44. The predicted molar refractivity (Wildman–Crippen MR) is 138 cm³/mol. The zero-order chi connectivity index (χ0) is 27.7. The fraction of sp³-hybridized carbons (Fsp3) is 0.300. The van der Waals surface area contributed by atoms with Crippen molar-refractivity contribution in [1.29, 1.82) is 0 Å². The van der Waals surface area contributed by atoms with Gasteiger partial charge in [-0.1, -0.05) is 54.6 Å². The van der Waals surface area contributed by atoms with E-state index in [-0.39, 0.29) is 42.9 Å². The predicted octanol–water partition coefficient (Wildman–Crippen LogP) is 5.31. The zero-order valence-electron chi connectivity index (χ0n) is 21.0. The second-order valence-electron chi connectivity index (χ2n) is 10.0. The summed E-state index contributed by atoms with van der Waals surface area (Å²) in [6, 6.07) is 19.9. The Morgan fingerprint density at radius 2 is 1.74 bits per heavy atom. The van der Waals surface area contributed by atoms with Gasteiger partial charge in [0.1, 0.15) is 6.42 Å². The minimum Gasteiger partial charge on any atom is -0.478 e. The number of hydrogen-bond acceptors (Lipinski definition) is 3. The maximum atomic E-state index is 12.9. The molecule has 1 saturated carbocycles. The molecule has 0 aromatic heterocycles. The number of hydrogen-bond donors (Lipinski definition) is 2. The molecule has 2 amide bonds. The second-order valence-corrected chi connectivity index (χ2v) is 10.0. The van der Waals surface area contributed by atoms with Gasteiger partial charge in [0.2, 0.25) is 11.8 Å². The van der Waals surface area contributed by atoms with Crippen LogP contribution in [-0.2, 0) is 29.1 Å². The molecule has 1 aliphatic heterocycles. The number of halogens is 3. The summed E-state index contributed by atoms with van der Waals surface area (Å²) in [7, 11) is 0. The van der Waals surface area contributed by atoms with Gasteiger partial charge < -0.3 is 15.3 Å². The normalized spacial score (nSPS) is 18.3. The smallest absolute Gasteiger partial charge is 0.397 e. The summed E-state index contributed by atoms with van der Waals surface area (Å²) in [5.74, 6) is -2.12. The molecule has 0 spiro atoms. The molecule has 0 radical (unpaired) electrons. The van der Waals surface area contributed by atoms with Crippen LogP contribution in [0.4, 0.5) is 13.2 Å². The maximum absolute atomic E-state index is 12.9. The molecule has 0 saturated heterocycles. The maximum Gasteiger partial charge on any atom is 0.397 e. The van der Waals surface area contributed by atoms with Crippen LogP contribution < -0.4 is 5.32 Å². The fourth-order valence-electron chi connectivity index (χ4n) is 5.36. The van der Waals surface area contributed by atoms with E-state index >= 15 is 0 Å². The highest BCUT2D eigenvalue weighted by Crippen LogP contribution is 2.47. The number of carboxylic acids is 1. The Balaban J connectivity index is 1.40. The monoisotopic (exact) mass is 536 g/mol. The lowest BCUT2D eigenvalue weighted by molar-refractivity contribution is -0.162. The van der Waals surface area contributed by atoms with Crippen molar-refractivity contribution in [1.82, 2.24) is 10.2 Å². The van der Waals surface area contributed by atoms with Crippen molar-refractivity contribution in [3.8, 4) is 11.1 Å². The summed E-state index contributed by atoms with van der Waals surface area (Å²) >= 11 is 0. The van der Waals surface area contributed by atoms with Crippen LogP contribution in [0.2, 0.25) is 0 Å². The number of amides is 2. The van der Waals surface area contributed by atoms with Crippen LogP contribution in [0.1, 0.15) is 51.4 Å². The lowest BCUT2D eigenvalue weighted by Gasteiger charge is -2.32. The number of carbonyl (C=O) groups excluding carboxylic acids is 2. The summed E-state index contributed by atoms with van der Waals surface area (Å²) in [5.41, 5.74) is 4.91. The molecule has 1 fully saturated rings. The fourth-order valence-corrected chi connectivity index (χ4v) is 5.36. The highest BCUT2D eigenvalue weighted by Gasteiger charge is 2.43. The Labute approximate surface area is 223 Å². The number of aromatic carboxylic acids is 1. The highest BCUT2D eigenvalue weighted by molar-refractivity contribution is 5.90. The van der Waals surface area contributed by atoms with E-state index in [1.807, 2.05) is 36.4 Å². The lowest BCUT2D eigenvalue weighted by atomic mass is 9.87. The van der Waals surface area contributed by atoms with Crippen molar-refractivity contribution < 1.29 is 32.7 Å². The van der Waals surface area contributed by atoms with Gasteiger partial charge in [0.25, 0.3) is 0 Å². The molecule has 6 nitrogen and oxygen atoms in total. The average Bonchev–Trinajstić information content (AvgIpc) is 3.72. The Morgan fingerprint density at radius 3 is 2.46 bits per heavy atom. The SMILES string of the molecule is O=C(O)c1cccc(-c2ccc(CNC(=O)[C@@H]3C[C@@H]3c3ccccc3)c3c2CCN(C(=O)CC(F)(F)F)C3)c1. The molecule has 202 valence electrons. The van der Waals surface area contributed by atoms with E-state index in [0.717, 1.165) is 28.7 Å². The van der Waals surface area contributed by atoms with Crippen molar-refractivity contribution in [2.24, 2.45) is 5.92 Å². The molecular formula is C30H27F3N2O4. The first kappa shape index (κ1) is 26.5. The van der Waals surface area contributed by atoms with Gasteiger partial charge in [-0.15, -0.1) is 0 Å². The van der Waals surface area contributed by atoms with E-state index in [1.54, 1.807) is 24.3 Å². The first-order chi connectivity index (χ1) is 18.6. The molecule has 1 aliphatic carbocycles. The quantitative estimate of drug-likeness (QED) is 0.429. The van der Waals surface area contributed by atoms with Gasteiger partial charge >= 0.3 is 12.1 Å². The highest BCUT2D eigenvalue weighted by atomic mass is 19.4. The Hall–Kier alpha value is -4.14. The summed E-state index contributed by atoms with van der Waals surface area (Å²) in [5, 5.41) is 12.4. The summed E-state index contributed by atoms with van der Waals surface area (Å²) in [6.45, 7) is 0.276. The van der Waals surface area contributed by atoms with Gasteiger partial charge in [-0.2, -0.15) is 13.2 Å². The summed E-state index contributed by atoms with van der Waals surface area (Å²) in [4.78, 5) is 38.0. The van der Waals surface area contributed by atoms with Crippen LogP contribution in [0.3, 0.4) is 0 Å². The number of rotatable bonds is 7. The molecule has 2 aliphatic rings. The van der Waals surface area contributed by atoms with E-state index in [9.17, 15) is 32.7 Å². The van der Waals surface area contributed by atoms with E-state index in [0.29, 0.717) is 17.5 Å². The number of nitrogens with zero attached hydrogens (tertiary/aromatic N) is 1. The molecule has 2 atom stereocenters. The Morgan fingerprint density at radius 1 is 0.974 bits per heavy atom. The van der Waals surface area contributed by atoms with Crippen molar-refractivity contribution in [2.45, 2.75) is 44.4 Å². The molecule has 2 N–H and O–H groups in total. The van der Waals surface area contributed by atoms with E-state index < -0.39 is 24.5 Å². The number of carbonyl (C=O) groups is 3. The topological polar surface area (TPSA) is 86.7 Å². The standard InChI is InChI=1S/C30H27F3N2O4/c31-30(32,33)15-27(36)35-12-11-23-22(19-7-4-8-20(13-19)29(38)39)10-9-21(26(23)17-35)16-34-28(37)25-14-24(25)18-5-2-1-3-6-18/h1-10,13,24-25H,11-12,14-17H2,(H,34,37)(H,38,39)/t24-,25-/m1/s1. The van der Waals surface area contributed by atoms with Crippen molar-refractivity contribution >= 4 is 17.8 Å². The molecule has 1 heterocycles. The van der Waals surface area contributed by atoms with E-state index in [1.165, 1.54) is 11.0 Å². The molecule has 39 heavy (non-hydrogen) atoms. The number of fused-ring (bicyclic) bond motifs is 1. The molecule has 3 aromatic carbocycles. The van der Waals surface area contributed by atoms with Crippen LogP contribution in [-0.4, -0.2) is 40.5 Å². The first-order valence-electron chi connectivity index (χ1n) is 12.8. The summed E-state index contributed by atoms with van der Waals surface area (Å²) < 4.78 is 38.8. The summed E-state index contributed by atoms with van der Waals surface area (Å²) in [6.07, 6.45) is -5.07. The Bertz CT molecular complexity index is 1420. The van der Waals surface area contributed by atoms with E-state index in [2.05, 4.69) is 5.32 Å². The largest absolute Gasteiger partial charge is 0.478 e. The zero-order valence-corrected chi connectivity index (χ0v) is 21.0. The van der Waals surface area contributed by atoms with Gasteiger partial charge in [0, 0.05) is 25.6 Å². The number of nitrogens with one attached hydrogen (secondary N) is 1. The van der Waals surface area contributed by atoms with Crippen LogP contribution in [0.5, 0.6) is 0 Å². The average molecular weight is 537 g/mol. The molecule has 0 unspecified atom stereocenters. The molecular weight excluding hydrogens is 509 g/mol. The second kappa shape index (κ2) is 10.6. The molecule has 5 rings (SSSR count). The van der Waals surface area contributed by atoms with Crippen molar-refractivity contribution in [3.05, 3.63) is 94.5 Å². The number of carboxylic acid groups (broad SMARTS) is 1. The lowest BCUT2D eigenvalue weighted by Crippen LogP contribution is -2.39. The molecule has 9 heteroatoms. The third-order valence-electron chi connectivity index (χ3n) is 7.44. The van der Waals surface area contributed by atoms with Gasteiger partial charge in [0.05, 0.1) is 5.56 Å². The molecule has 0 bridgehead atoms. The minimum absolute atomic E-state index is 0.0159. The Kier molecular flexibility index (Phi) is 7.16. The van der Waals surface area contributed by atoms with Gasteiger partial charge in [-0.3, -0.25) is 9.59 Å². The minimum atomic E-state index is -4.60. The van der Waals surface area contributed by atoms with Crippen LogP contribution >= 0.6 is 0 Å². The van der Waals surface area contributed by atoms with E-state index in [4.69, 9.17) is 0 Å². The van der Waals surface area contributed by atoms with Crippen LogP contribution in [0.25, 0.3) is 11.1 Å². The van der Waals surface area contributed by atoms with Gasteiger partial charge in [0.15, 0.2) is 0 Å². The van der Waals surface area contributed by atoms with Gasteiger partial charge in [-0.25, -0.2) is 4.79 Å². The number of alkyl halides is 3.